The summed E-state index contributed by atoms with van der Waals surface area (Å²) in [6.45, 7) is 1.23. The summed E-state index contributed by atoms with van der Waals surface area (Å²) in [4.78, 5) is 31.6. The van der Waals surface area contributed by atoms with Gasteiger partial charge in [0.15, 0.2) is 0 Å². The van der Waals surface area contributed by atoms with Gasteiger partial charge >= 0.3 is 5.97 Å². The Morgan fingerprint density at radius 3 is 2.33 bits per heavy atom. The Kier molecular flexibility index (Phi) is 4.36. The molecule has 0 saturated heterocycles. The van der Waals surface area contributed by atoms with Crippen LogP contribution in [0.2, 0.25) is 0 Å². The van der Waals surface area contributed by atoms with E-state index in [9.17, 15) is 19.7 Å². The Balaban J connectivity index is 2.78. The van der Waals surface area contributed by atoms with Crippen LogP contribution < -0.4 is 5.32 Å². The zero-order valence-electron chi connectivity index (χ0n) is 9.62. The fourth-order valence-electron chi connectivity index (χ4n) is 1.43. The van der Waals surface area contributed by atoms with Gasteiger partial charge in [-0.1, -0.05) is 12.1 Å². The molecule has 0 aliphatic heterocycles. The van der Waals surface area contributed by atoms with Gasteiger partial charge in [0.1, 0.15) is 6.04 Å². The first-order valence-electron chi connectivity index (χ1n) is 5.13. The fraction of sp³-hybridized carbons (Fsp3) is 0.273. The predicted molar refractivity (Wildman–Crippen MR) is 62.0 cm³/mol. The van der Waals surface area contributed by atoms with Crippen molar-refractivity contribution < 1.29 is 19.6 Å². The quantitative estimate of drug-likeness (QED) is 0.592. The van der Waals surface area contributed by atoms with Crippen LogP contribution >= 0.6 is 0 Å². The molecule has 1 atom stereocenters. The van der Waals surface area contributed by atoms with Crippen LogP contribution in [-0.2, 0) is 16.0 Å². The van der Waals surface area contributed by atoms with Gasteiger partial charge in [0.2, 0.25) is 5.91 Å². The number of carboxylic acid groups (broad SMARTS) is 1. The van der Waals surface area contributed by atoms with Crippen molar-refractivity contribution in [3.63, 3.8) is 0 Å². The van der Waals surface area contributed by atoms with E-state index in [1.165, 1.54) is 31.2 Å². The minimum absolute atomic E-state index is 0.0647. The van der Waals surface area contributed by atoms with E-state index in [1.807, 2.05) is 0 Å². The van der Waals surface area contributed by atoms with E-state index >= 15 is 0 Å². The molecular formula is C11H12N2O5. The van der Waals surface area contributed by atoms with Crippen molar-refractivity contribution in [1.82, 2.24) is 5.32 Å². The molecule has 0 unspecified atom stereocenters. The van der Waals surface area contributed by atoms with Gasteiger partial charge in [-0.2, -0.15) is 0 Å². The number of benzene rings is 1. The molecule has 0 heterocycles. The summed E-state index contributed by atoms with van der Waals surface area (Å²) in [5, 5.41) is 21.6. The second kappa shape index (κ2) is 5.76. The molecule has 7 heteroatoms. The highest BCUT2D eigenvalue weighted by Crippen LogP contribution is 2.13. The molecule has 0 fully saturated rings. The first kappa shape index (κ1) is 13.6. The Morgan fingerprint density at radius 2 is 1.94 bits per heavy atom. The second-order valence-electron chi connectivity index (χ2n) is 3.72. The highest BCUT2D eigenvalue weighted by Gasteiger charge is 2.19. The lowest BCUT2D eigenvalue weighted by Gasteiger charge is -2.12. The van der Waals surface area contributed by atoms with E-state index in [1.54, 1.807) is 0 Å². The Bertz CT molecular complexity index is 469. The monoisotopic (exact) mass is 252 g/mol. The molecule has 7 nitrogen and oxygen atoms in total. The molecule has 0 saturated carbocycles. The zero-order chi connectivity index (χ0) is 13.7. The van der Waals surface area contributed by atoms with Gasteiger partial charge in [-0.25, -0.2) is 4.79 Å². The number of nitrogens with zero attached hydrogens (tertiary/aromatic N) is 1. The number of nitro benzene ring substituents is 1. The smallest absolute Gasteiger partial charge is 0.326 e. The summed E-state index contributed by atoms with van der Waals surface area (Å²) in [5.74, 6) is -1.59. The molecule has 0 radical (unpaired) electrons. The van der Waals surface area contributed by atoms with Gasteiger partial charge in [0, 0.05) is 25.5 Å². The molecule has 1 aromatic rings. The first-order chi connectivity index (χ1) is 8.40. The van der Waals surface area contributed by atoms with Crippen molar-refractivity contribution in [3.05, 3.63) is 39.9 Å². The van der Waals surface area contributed by atoms with Gasteiger partial charge in [0.05, 0.1) is 4.92 Å². The normalized spacial score (nSPS) is 11.6. The molecule has 1 amide bonds. The van der Waals surface area contributed by atoms with Gasteiger partial charge in [-0.3, -0.25) is 14.9 Å². The molecule has 0 bridgehead atoms. The average Bonchev–Trinajstić information content (AvgIpc) is 2.28. The minimum Gasteiger partial charge on any atom is -0.480 e. The number of rotatable bonds is 5. The van der Waals surface area contributed by atoms with E-state index in [0.29, 0.717) is 5.56 Å². The van der Waals surface area contributed by atoms with Crippen LogP contribution in [0.25, 0.3) is 0 Å². The summed E-state index contributed by atoms with van der Waals surface area (Å²) in [6, 6.07) is 4.49. The molecule has 1 rings (SSSR count). The third kappa shape index (κ3) is 3.85. The Morgan fingerprint density at radius 1 is 1.39 bits per heavy atom. The van der Waals surface area contributed by atoms with E-state index in [2.05, 4.69) is 5.32 Å². The molecule has 0 aliphatic carbocycles. The van der Waals surface area contributed by atoms with E-state index in [-0.39, 0.29) is 12.1 Å². The van der Waals surface area contributed by atoms with Crippen LogP contribution in [-0.4, -0.2) is 27.9 Å². The van der Waals surface area contributed by atoms with Crippen molar-refractivity contribution in [2.24, 2.45) is 0 Å². The number of hydrogen-bond donors (Lipinski definition) is 2. The zero-order valence-corrected chi connectivity index (χ0v) is 9.62. The number of hydrogen-bond acceptors (Lipinski definition) is 4. The van der Waals surface area contributed by atoms with Gasteiger partial charge < -0.3 is 10.4 Å². The van der Waals surface area contributed by atoms with Crippen LogP contribution in [0.1, 0.15) is 12.5 Å². The minimum atomic E-state index is -1.15. The Labute approximate surface area is 103 Å². The van der Waals surface area contributed by atoms with Crippen LogP contribution in [0.15, 0.2) is 24.3 Å². The summed E-state index contributed by atoms with van der Waals surface area (Å²) in [6.07, 6.45) is 0.0763. The lowest BCUT2D eigenvalue weighted by Crippen LogP contribution is -2.41. The maximum Gasteiger partial charge on any atom is 0.326 e. The van der Waals surface area contributed by atoms with Crippen molar-refractivity contribution in [2.75, 3.05) is 0 Å². The lowest BCUT2D eigenvalue weighted by molar-refractivity contribution is -0.384. The number of carbonyl (C=O) groups is 2. The summed E-state index contributed by atoms with van der Waals surface area (Å²) in [5.41, 5.74) is 0.534. The molecular weight excluding hydrogens is 240 g/mol. The topological polar surface area (TPSA) is 110 Å². The summed E-state index contributed by atoms with van der Waals surface area (Å²) >= 11 is 0. The van der Waals surface area contributed by atoms with Crippen molar-refractivity contribution >= 4 is 17.6 Å². The summed E-state index contributed by atoms with van der Waals surface area (Å²) in [7, 11) is 0. The maximum atomic E-state index is 10.9. The van der Waals surface area contributed by atoms with Crippen molar-refractivity contribution in [2.45, 2.75) is 19.4 Å². The first-order valence-corrected chi connectivity index (χ1v) is 5.13. The molecule has 0 spiro atoms. The average molecular weight is 252 g/mol. The number of non-ortho nitro benzene ring substituents is 1. The highest BCUT2D eigenvalue weighted by atomic mass is 16.6. The number of aliphatic carboxylic acids is 1. The molecule has 96 valence electrons. The fourth-order valence-corrected chi connectivity index (χ4v) is 1.43. The second-order valence-corrected chi connectivity index (χ2v) is 3.72. The number of carboxylic acids is 1. The third-order valence-corrected chi connectivity index (χ3v) is 2.26. The third-order valence-electron chi connectivity index (χ3n) is 2.26. The highest BCUT2D eigenvalue weighted by molar-refractivity contribution is 5.82. The molecule has 2 N–H and O–H groups in total. The van der Waals surface area contributed by atoms with Crippen LogP contribution in [0, 0.1) is 10.1 Å². The predicted octanol–water partition coefficient (Wildman–Crippen LogP) is 0.727. The number of carbonyl (C=O) groups excluding carboxylic acids is 1. The van der Waals surface area contributed by atoms with Gasteiger partial charge in [-0.15, -0.1) is 0 Å². The molecule has 0 aromatic heterocycles. The number of nitro groups is 1. The van der Waals surface area contributed by atoms with Crippen LogP contribution in [0.3, 0.4) is 0 Å². The Hall–Kier alpha value is -2.44. The SMILES string of the molecule is CC(=O)N[C@H](Cc1ccc([N+](=O)[O-])cc1)C(=O)O. The molecule has 0 aliphatic rings. The standard InChI is InChI=1S/C11H12N2O5/c1-7(14)12-10(11(15)16)6-8-2-4-9(5-3-8)13(17)18/h2-5,10H,6H2,1H3,(H,12,14)(H,15,16)/t10-/m1/s1. The van der Waals surface area contributed by atoms with E-state index < -0.39 is 22.8 Å². The lowest BCUT2D eigenvalue weighted by atomic mass is 10.1. The number of nitrogens with one attached hydrogen (secondary N) is 1. The van der Waals surface area contributed by atoms with E-state index in [0.717, 1.165) is 0 Å². The van der Waals surface area contributed by atoms with Crippen LogP contribution in [0.4, 0.5) is 5.69 Å². The largest absolute Gasteiger partial charge is 0.480 e. The maximum absolute atomic E-state index is 10.9. The van der Waals surface area contributed by atoms with Crippen LogP contribution in [0.5, 0.6) is 0 Å². The van der Waals surface area contributed by atoms with Crippen molar-refractivity contribution in [1.29, 1.82) is 0 Å². The van der Waals surface area contributed by atoms with Gasteiger partial charge in [-0.05, 0) is 5.56 Å². The van der Waals surface area contributed by atoms with E-state index in [4.69, 9.17) is 5.11 Å². The van der Waals surface area contributed by atoms with Crippen molar-refractivity contribution in [3.8, 4) is 0 Å². The molecule has 1 aromatic carbocycles. The molecule has 18 heavy (non-hydrogen) atoms. The van der Waals surface area contributed by atoms with Gasteiger partial charge in [0.25, 0.3) is 5.69 Å². The number of amides is 1. The summed E-state index contributed by atoms with van der Waals surface area (Å²) < 4.78 is 0.